The molecule has 4 unspecified atom stereocenters. The van der Waals surface area contributed by atoms with Crippen LogP contribution in [0.25, 0.3) is 33.4 Å². The Bertz CT molecular complexity index is 2830. The minimum Gasteiger partial charge on any atom is -0.505 e. The quantitative estimate of drug-likeness (QED) is 0.0268. The van der Waals surface area contributed by atoms with Crippen molar-refractivity contribution in [2.24, 2.45) is 52.3 Å². The molecular weight excluding hydrogens is 955 g/mol. The number of aromatic hydroxyl groups is 1. The molecule has 0 radical (unpaired) electrons. The molecule has 1 heterocycles. The van der Waals surface area contributed by atoms with Crippen LogP contribution in [-0.2, 0) is 14.4 Å². The number of carboxylic acids is 1. The average molecular weight is 1040 g/mol. The van der Waals surface area contributed by atoms with Crippen molar-refractivity contribution in [3.63, 3.8) is 0 Å². The van der Waals surface area contributed by atoms with Crippen LogP contribution < -0.4 is 26.7 Å². The van der Waals surface area contributed by atoms with Crippen LogP contribution in [0.1, 0.15) is 154 Å². The SMILES string of the molecule is CC[C@H](CC[C@@H](C)C1CC[C@H]2[C@@H]3CC=C4C[C@@H](NCCCNC(=O)CCNC(=O)[C@H](CCC(=O)O)NC(=O)c5ccc(-c6c7cc(F)c(=O)cc-7oc7cc(O)c(F)cc67)c(C)c5)CCC4(C)C3CCC12C)C(C)C. The first-order valence-electron chi connectivity index (χ1n) is 27.9. The van der Waals surface area contributed by atoms with Crippen LogP contribution in [0.15, 0.2) is 63.3 Å². The fourth-order valence-electron chi connectivity index (χ4n) is 14.7. The van der Waals surface area contributed by atoms with E-state index in [1.807, 2.05) is 0 Å². The van der Waals surface area contributed by atoms with Crippen LogP contribution in [0.2, 0.25) is 0 Å². The summed E-state index contributed by atoms with van der Waals surface area (Å²) < 4.78 is 35.1. The lowest BCUT2D eigenvalue weighted by Crippen LogP contribution is -2.51. The van der Waals surface area contributed by atoms with Crippen LogP contribution in [0.4, 0.5) is 8.78 Å². The number of allylic oxidation sites excluding steroid dienone is 1. The Kier molecular flexibility index (Phi) is 17.3. The van der Waals surface area contributed by atoms with Crippen LogP contribution >= 0.6 is 0 Å². The van der Waals surface area contributed by atoms with Crippen molar-refractivity contribution in [3.05, 3.63) is 87.1 Å². The van der Waals surface area contributed by atoms with E-state index in [0.717, 1.165) is 91.5 Å². The van der Waals surface area contributed by atoms with Crippen LogP contribution in [0, 0.1) is 70.8 Å². The lowest BCUT2D eigenvalue weighted by atomic mass is 9.47. The predicted octanol–water partition coefficient (Wildman–Crippen LogP) is 11.5. The summed E-state index contributed by atoms with van der Waals surface area (Å²) in [5, 5.41) is 31.7. The Hall–Kier alpha value is -5.63. The molecule has 75 heavy (non-hydrogen) atoms. The molecule has 6 aliphatic rings. The molecule has 8 rings (SSSR count). The van der Waals surface area contributed by atoms with E-state index in [0.29, 0.717) is 34.7 Å². The number of halogens is 2. The maximum absolute atomic E-state index is 14.7. The molecule has 5 aliphatic carbocycles. The van der Waals surface area contributed by atoms with Crippen molar-refractivity contribution in [1.82, 2.24) is 21.3 Å². The molecule has 3 fully saturated rings. The molecule has 3 saturated carbocycles. The number of carboxylic acid groups (broad SMARTS) is 1. The van der Waals surface area contributed by atoms with E-state index in [4.69, 9.17) is 4.42 Å². The van der Waals surface area contributed by atoms with E-state index in [1.54, 1.807) is 18.6 Å². The molecule has 0 saturated heterocycles. The third-order valence-corrected chi connectivity index (χ3v) is 19.0. The highest BCUT2D eigenvalue weighted by molar-refractivity contribution is 6.04. The summed E-state index contributed by atoms with van der Waals surface area (Å²) in [6.07, 6.45) is 17.1. The number of hydrogen-bond donors (Lipinski definition) is 6. The molecule has 12 nitrogen and oxygen atoms in total. The molecule has 2 aromatic carbocycles. The zero-order valence-corrected chi connectivity index (χ0v) is 45.1. The van der Waals surface area contributed by atoms with Gasteiger partial charge in [0.25, 0.3) is 5.91 Å². The van der Waals surface area contributed by atoms with E-state index >= 15 is 0 Å². The molecule has 2 aromatic rings. The summed E-state index contributed by atoms with van der Waals surface area (Å²) in [4.78, 5) is 63.5. The summed E-state index contributed by atoms with van der Waals surface area (Å²) in [7, 11) is 0. The van der Waals surface area contributed by atoms with Gasteiger partial charge in [-0.3, -0.25) is 24.0 Å². The van der Waals surface area contributed by atoms with Crippen molar-refractivity contribution >= 4 is 34.7 Å². The number of aryl methyl sites for hydroxylation is 1. The summed E-state index contributed by atoms with van der Waals surface area (Å²) in [6.45, 7) is 17.9. The minimum atomic E-state index is -1.24. The molecule has 3 amide bonds. The highest BCUT2D eigenvalue weighted by atomic mass is 19.1. The van der Waals surface area contributed by atoms with Crippen molar-refractivity contribution in [1.29, 1.82) is 0 Å². The van der Waals surface area contributed by atoms with Crippen LogP contribution in [0.5, 0.6) is 5.75 Å². The lowest BCUT2D eigenvalue weighted by Gasteiger charge is -2.58. The normalized spacial score (nSPS) is 25.4. The number of carbonyl (C=O) groups excluding carboxylic acids is 3. The highest BCUT2D eigenvalue weighted by Crippen LogP contribution is 2.67. The van der Waals surface area contributed by atoms with Crippen LogP contribution in [0.3, 0.4) is 0 Å². The summed E-state index contributed by atoms with van der Waals surface area (Å²) in [5.74, 6) is 0.280. The molecular formula is C61H80F2N4O8. The molecule has 0 spiro atoms. The monoisotopic (exact) mass is 1030 g/mol. The number of benzene rings is 3. The van der Waals surface area contributed by atoms with E-state index in [2.05, 4.69) is 68.9 Å². The Balaban J connectivity index is 0.786. The Morgan fingerprint density at radius 3 is 2.37 bits per heavy atom. The number of rotatable bonds is 21. The molecule has 0 bridgehead atoms. The van der Waals surface area contributed by atoms with E-state index < -0.39 is 53.1 Å². The number of carbonyl (C=O) groups is 4. The van der Waals surface area contributed by atoms with Gasteiger partial charge in [-0.15, -0.1) is 0 Å². The number of nitrogens with one attached hydrogen (secondary N) is 4. The maximum atomic E-state index is 14.7. The zero-order valence-electron chi connectivity index (χ0n) is 45.1. The molecule has 1 aliphatic heterocycles. The van der Waals surface area contributed by atoms with Gasteiger partial charge < -0.3 is 35.9 Å². The largest absolute Gasteiger partial charge is 0.505 e. The summed E-state index contributed by atoms with van der Waals surface area (Å²) in [6, 6.07) is 7.73. The topological polar surface area (TPSA) is 187 Å². The van der Waals surface area contributed by atoms with Crippen LogP contribution in [-0.4, -0.2) is 65.6 Å². The van der Waals surface area contributed by atoms with E-state index in [-0.39, 0.29) is 58.6 Å². The van der Waals surface area contributed by atoms with Gasteiger partial charge in [0.2, 0.25) is 17.2 Å². The predicted molar refractivity (Wildman–Crippen MR) is 288 cm³/mol. The van der Waals surface area contributed by atoms with Gasteiger partial charge in [-0.1, -0.05) is 72.1 Å². The Morgan fingerprint density at radius 1 is 0.853 bits per heavy atom. The van der Waals surface area contributed by atoms with Gasteiger partial charge in [0.15, 0.2) is 17.4 Å². The average Bonchev–Trinajstić information content (AvgIpc) is 3.73. The number of amides is 3. The van der Waals surface area contributed by atoms with Gasteiger partial charge in [0, 0.05) is 66.2 Å². The first-order valence-corrected chi connectivity index (χ1v) is 27.9. The summed E-state index contributed by atoms with van der Waals surface area (Å²) in [5.41, 5.74) is 3.02. The third-order valence-electron chi connectivity index (χ3n) is 19.0. The van der Waals surface area contributed by atoms with Crippen molar-refractivity contribution in [3.8, 4) is 28.2 Å². The van der Waals surface area contributed by atoms with Crippen molar-refractivity contribution in [2.75, 3.05) is 19.6 Å². The number of phenols is 1. The van der Waals surface area contributed by atoms with Gasteiger partial charge in [0.05, 0.1) is 0 Å². The third kappa shape index (κ3) is 11.9. The van der Waals surface area contributed by atoms with Gasteiger partial charge in [-0.05, 0) is 172 Å². The number of phenolic OH excluding ortho intramolecular Hbond substituents is 1. The number of aliphatic carboxylic acids is 1. The second kappa shape index (κ2) is 23.3. The van der Waals surface area contributed by atoms with Crippen molar-refractivity contribution in [2.45, 2.75) is 157 Å². The fraction of sp³-hybridized carbons (Fsp3) is 0.590. The standard InChI is InChI=1S/C61H80F2N4O8/c1-8-37(34(2)3)11-10-35(4)45-16-17-46-42-15-13-39-29-40(20-23-60(39,6)47(42)21-24-61(45,46)7)64-25-9-26-65-55(70)22-27-66-59(74)50(18-19-56(71)72)67-58(73)38-12-14-41(36(5)28-38)57-43-30-48(62)51(68)32-53(43)75-54-33-52(69)49(63)31-44(54)57/h12-14,28,30-35,37,40,42,45-47,50,64,68H,8-11,15-27,29H2,1-7H3,(H,65,70)(H,66,74)(H,67,73)(H,71,72)/t35-,37-,40+,42+,45?,46+,47?,50+,60?,61?/m1/s1. The van der Waals surface area contributed by atoms with Gasteiger partial charge >= 0.3 is 5.97 Å². The van der Waals surface area contributed by atoms with Crippen molar-refractivity contribution < 1.29 is 42.6 Å². The lowest BCUT2D eigenvalue weighted by molar-refractivity contribution is -0.137. The zero-order chi connectivity index (χ0) is 53.9. The van der Waals surface area contributed by atoms with Gasteiger partial charge in [-0.2, -0.15) is 0 Å². The molecule has 406 valence electrons. The number of fused-ring (bicyclic) bond motifs is 7. The molecule has 14 heteroatoms. The van der Waals surface area contributed by atoms with Gasteiger partial charge in [0.1, 0.15) is 17.4 Å². The second-order valence-electron chi connectivity index (χ2n) is 23.6. The van der Waals surface area contributed by atoms with E-state index in [1.165, 1.54) is 69.9 Å². The first kappa shape index (κ1) is 55.6. The molecule has 10 atom stereocenters. The smallest absolute Gasteiger partial charge is 0.303 e. The second-order valence-corrected chi connectivity index (χ2v) is 23.6. The maximum Gasteiger partial charge on any atom is 0.303 e. The molecule has 0 aromatic heterocycles. The molecule has 6 N–H and O–H groups in total. The van der Waals surface area contributed by atoms with Gasteiger partial charge in [-0.25, -0.2) is 8.78 Å². The first-order chi connectivity index (χ1) is 35.7. The summed E-state index contributed by atoms with van der Waals surface area (Å²) >= 11 is 0. The highest BCUT2D eigenvalue weighted by Gasteiger charge is 2.59. The number of hydrogen-bond acceptors (Lipinski definition) is 8. The Labute approximate surface area is 441 Å². The van der Waals surface area contributed by atoms with E-state index in [9.17, 15) is 43.0 Å². The Morgan fingerprint density at radius 2 is 1.64 bits per heavy atom. The fourth-order valence-corrected chi connectivity index (χ4v) is 14.7. The minimum absolute atomic E-state index is 0.00397.